The van der Waals surface area contributed by atoms with Crippen LogP contribution < -0.4 is 5.56 Å². The molecule has 0 saturated carbocycles. The lowest BCUT2D eigenvalue weighted by Crippen LogP contribution is -2.33. The Morgan fingerprint density at radius 2 is 2.04 bits per heavy atom. The van der Waals surface area contributed by atoms with E-state index in [1.807, 2.05) is 31.3 Å². The van der Waals surface area contributed by atoms with E-state index in [0.29, 0.717) is 6.04 Å². The summed E-state index contributed by atoms with van der Waals surface area (Å²) in [7, 11) is 1.85. The molecule has 1 unspecified atom stereocenters. The number of nitrogens with zero attached hydrogens (tertiary/aromatic N) is 2. The molecule has 3 rings (SSSR count). The van der Waals surface area contributed by atoms with Crippen LogP contribution in [0, 0.1) is 0 Å². The maximum atomic E-state index is 12.5. The van der Waals surface area contributed by atoms with Crippen molar-refractivity contribution in [2.75, 3.05) is 6.54 Å². The molecule has 0 amide bonds. The van der Waals surface area contributed by atoms with Gasteiger partial charge in [0.25, 0.3) is 12.0 Å². The van der Waals surface area contributed by atoms with Crippen molar-refractivity contribution in [3.8, 4) is 0 Å². The lowest BCUT2D eigenvalue weighted by atomic mass is 10.1. The molecule has 1 aliphatic heterocycles. The first-order chi connectivity index (χ1) is 11.1. The first-order valence-electron chi connectivity index (χ1n) is 7.68. The lowest BCUT2D eigenvalue weighted by Gasteiger charge is -2.23. The molecule has 1 aliphatic rings. The number of pyridine rings is 1. The van der Waals surface area contributed by atoms with Crippen LogP contribution in [0.5, 0.6) is 0 Å². The third-order valence-electron chi connectivity index (χ3n) is 4.17. The normalized spacial score (nSPS) is 17.0. The highest BCUT2D eigenvalue weighted by Gasteiger charge is 2.19. The minimum absolute atomic E-state index is 0.116. The van der Waals surface area contributed by atoms with Crippen molar-refractivity contribution < 1.29 is 9.90 Å². The molecule has 122 valence electrons. The number of hydrogen-bond acceptors (Lipinski definition) is 3. The number of aromatic nitrogens is 1. The van der Waals surface area contributed by atoms with Crippen molar-refractivity contribution in [3.05, 3.63) is 58.4 Å². The monoisotopic (exact) mass is 314 g/mol. The second kappa shape index (κ2) is 7.74. The van der Waals surface area contributed by atoms with E-state index in [9.17, 15) is 4.79 Å². The summed E-state index contributed by atoms with van der Waals surface area (Å²) in [5.74, 6) is 0. The number of aryl methyl sites for hydroxylation is 1. The van der Waals surface area contributed by atoms with Gasteiger partial charge in [0.2, 0.25) is 0 Å². The quantitative estimate of drug-likeness (QED) is 0.698. The van der Waals surface area contributed by atoms with E-state index in [2.05, 4.69) is 30.0 Å². The second-order valence-corrected chi connectivity index (χ2v) is 5.53. The average Bonchev–Trinajstić information content (AvgIpc) is 3.00. The van der Waals surface area contributed by atoms with E-state index >= 15 is 0 Å². The number of rotatable bonds is 3. The zero-order valence-electron chi connectivity index (χ0n) is 13.5. The van der Waals surface area contributed by atoms with Gasteiger partial charge in [-0.2, -0.15) is 0 Å². The van der Waals surface area contributed by atoms with Crippen LogP contribution in [0.2, 0.25) is 0 Å². The van der Waals surface area contributed by atoms with Gasteiger partial charge in [-0.1, -0.05) is 37.3 Å². The molecule has 0 spiro atoms. The van der Waals surface area contributed by atoms with E-state index in [4.69, 9.17) is 9.90 Å². The molecule has 0 radical (unpaired) electrons. The number of para-hydroxylation sites is 1. The lowest BCUT2D eigenvalue weighted by molar-refractivity contribution is -0.122. The fraction of sp³-hybridized carbons (Fsp3) is 0.333. The molecule has 2 heterocycles. The number of carboxylic acid groups (broad SMARTS) is 1. The highest BCUT2D eigenvalue weighted by Crippen LogP contribution is 2.18. The van der Waals surface area contributed by atoms with Gasteiger partial charge in [-0.05, 0) is 23.9 Å². The van der Waals surface area contributed by atoms with Gasteiger partial charge in [0.05, 0.1) is 5.52 Å². The predicted octanol–water partition coefficient (Wildman–Crippen LogP) is 2.39. The molecule has 0 fully saturated rings. The van der Waals surface area contributed by atoms with Crippen LogP contribution >= 0.6 is 0 Å². The molecule has 1 N–H and O–H groups in total. The van der Waals surface area contributed by atoms with Crippen molar-refractivity contribution in [3.63, 3.8) is 0 Å². The summed E-state index contributed by atoms with van der Waals surface area (Å²) in [5, 5.41) is 8.02. The van der Waals surface area contributed by atoms with Crippen LogP contribution in [0.15, 0.2) is 47.3 Å². The first-order valence-corrected chi connectivity index (χ1v) is 7.68. The number of benzene rings is 1. The zero-order chi connectivity index (χ0) is 16.8. The smallest absolute Gasteiger partial charge is 0.290 e. The van der Waals surface area contributed by atoms with Crippen LogP contribution in [0.1, 0.15) is 18.9 Å². The Bertz CT molecular complexity index is 764. The minimum atomic E-state index is -0.250. The van der Waals surface area contributed by atoms with Gasteiger partial charge >= 0.3 is 0 Å². The number of carbonyl (C=O) groups is 1. The summed E-state index contributed by atoms with van der Waals surface area (Å²) in [4.78, 5) is 23.2. The Morgan fingerprint density at radius 3 is 2.74 bits per heavy atom. The van der Waals surface area contributed by atoms with Gasteiger partial charge < -0.3 is 9.67 Å². The van der Waals surface area contributed by atoms with Crippen LogP contribution in [-0.4, -0.2) is 33.6 Å². The Kier molecular flexibility index (Phi) is 5.71. The third kappa shape index (κ3) is 3.68. The standard InChI is InChI=1S/C17H20N2O.CH2O2/c1-3-15-8-6-10-19(15)12-14-11-13-7-4-5-9-16(13)18(2)17(14)20;2-1-3/h4-9,11,15H,3,10,12H2,1-2H3;1H,(H,2,3). The molecule has 1 aromatic carbocycles. The summed E-state index contributed by atoms with van der Waals surface area (Å²) in [6, 6.07) is 10.6. The SMILES string of the molecule is CCC1C=CCN1Cc1cc2ccccc2n(C)c1=O.O=CO. The van der Waals surface area contributed by atoms with Crippen LogP contribution in [0.3, 0.4) is 0 Å². The molecular weight excluding hydrogens is 292 g/mol. The van der Waals surface area contributed by atoms with Gasteiger partial charge in [-0.25, -0.2) is 0 Å². The Hall–Kier alpha value is -2.40. The van der Waals surface area contributed by atoms with E-state index in [0.717, 1.165) is 36.0 Å². The molecule has 5 heteroatoms. The fourth-order valence-electron chi connectivity index (χ4n) is 3.01. The van der Waals surface area contributed by atoms with Crippen molar-refractivity contribution in [1.82, 2.24) is 9.47 Å². The van der Waals surface area contributed by atoms with E-state index in [-0.39, 0.29) is 12.0 Å². The predicted molar refractivity (Wildman–Crippen MR) is 91.5 cm³/mol. The first kappa shape index (κ1) is 17.0. The molecule has 1 aromatic heterocycles. The summed E-state index contributed by atoms with van der Waals surface area (Å²) in [6.45, 7) is 3.60. The zero-order valence-corrected chi connectivity index (χ0v) is 13.5. The van der Waals surface area contributed by atoms with Crippen molar-refractivity contribution >= 4 is 17.4 Å². The average molecular weight is 314 g/mol. The van der Waals surface area contributed by atoms with Crippen LogP contribution in [-0.2, 0) is 18.4 Å². The largest absolute Gasteiger partial charge is 0.483 e. The highest BCUT2D eigenvalue weighted by atomic mass is 16.3. The van der Waals surface area contributed by atoms with Crippen molar-refractivity contribution in [2.45, 2.75) is 25.9 Å². The van der Waals surface area contributed by atoms with Gasteiger partial charge in [0.15, 0.2) is 0 Å². The Labute approximate surface area is 135 Å². The van der Waals surface area contributed by atoms with Gasteiger partial charge in [-0.15, -0.1) is 0 Å². The third-order valence-corrected chi connectivity index (χ3v) is 4.17. The van der Waals surface area contributed by atoms with Crippen LogP contribution in [0.25, 0.3) is 10.9 Å². The highest BCUT2D eigenvalue weighted by molar-refractivity contribution is 5.79. The summed E-state index contributed by atoms with van der Waals surface area (Å²) >= 11 is 0. The van der Waals surface area contributed by atoms with Crippen molar-refractivity contribution in [2.24, 2.45) is 7.05 Å². The topological polar surface area (TPSA) is 62.5 Å². The van der Waals surface area contributed by atoms with E-state index in [1.165, 1.54) is 0 Å². The second-order valence-electron chi connectivity index (χ2n) is 5.53. The molecule has 2 aromatic rings. The number of hydrogen-bond donors (Lipinski definition) is 1. The molecule has 0 bridgehead atoms. The molecule has 0 saturated heterocycles. The molecular formula is C18H22N2O3. The Balaban J connectivity index is 0.000000595. The van der Waals surface area contributed by atoms with Gasteiger partial charge in [-0.3, -0.25) is 14.5 Å². The van der Waals surface area contributed by atoms with E-state index < -0.39 is 0 Å². The minimum Gasteiger partial charge on any atom is -0.483 e. The summed E-state index contributed by atoms with van der Waals surface area (Å²) in [5.41, 5.74) is 1.99. The van der Waals surface area contributed by atoms with Gasteiger partial charge in [0.1, 0.15) is 0 Å². The summed E-state index contributed by atoms with van der Waals surface area (Å²) in [6.07, 6.45) is 5.52. The molecule has 5 nitrogen and oxygen atoms in total. The molecule has 23 heavy (non-hydrogen) atoms. The Morgan fingerprint density at radius 1 is 1.35 bits per heavy atom. The van der Waals surface area contributed by atoms with Gasteiger partial charge in [0, 0.05) is 31.7 Å². The fourth-order valence-corrected chi connectivity index (χ4v) is 3.01. The summed E-state index contributed by atoms with van der Waals surface area (Å²) < 4.78 is 1.76. The molecule has 1 atom stereocenters. The number of fused-ring (bicyclic) bond motifs is 1. The maximum Gasteiger partial charge on any atom is 0.290 e. The van der Waals surface area contributed by atoms with Crippen LogP contribution in [0.4, 0.5) is 0 Å². The maximum absolute atomic E-state index is 12.5. The molecule has 0 aliphatic carbocycles. The van der Waals surface area contributed by atoms with Crippen molar-refractivity contribution in [1.29, 1.82) is 0 Å². The van der Waals surface area contributed by atoms with E-state index in [1.54, 1.807) is 4.57 Å².